The molecule has 29 heavy (non-hydrogen) atoms. The lowest BCUT2D eigenvalue weighted by Crippen LogP contribution is -2.47. The molecule has 0 spiro atoms. The number of hydrogen-bond acceptors (Lipinski definition) is 8. The van der Waals surface area contributed by atoms with Crippen LogP contribution in [0.2, 0.25) is 0 Å². The highest BCUT2D eigenvalue weighted by molar-refractivity contribution is 5.60. The second kappa shape index (κ2) is 8.44. The third-order valence-electron chi connectivity index (χ3n) is 4.82. The van der Waals surface area contributed by atoms with Gasteiger partial charge in [0.05, 0.1) is 30.6 Å². The van der Waals surface area contributed by atoms with Crippen molar-refractivity contribution in [1.82, 2.24) is 15.2 Å². The fourth-order valence-electron chi connectivity index (χ4n) is 3.30. The third kappa shape index (κ3) is 4.19. The first-order valence-electron chi connectivity index (χ1n) is 9.36. The minimum absolute atomic E-state index is 0.600. The number of nitriles is 1. The molecule has 1 N–H and O–H groups in total. The number of methoxy groups -OCH3 is 1. The number of benzene rings is 2. The summed E-state index contributed by atoms with van der Waals surface area (Å²) in [5.74, 6) is 2.10. The van der Waals surface area contributed by atoms with Gasteiger partial charge in [0.25, 0.3) is 0 Å². The number of ether oxygens (including phenoxy) is 1. The predicted octanol–water partition coefficient (Wildman–Crippen LogP) is 2.82. The highest BCUT2D eigenvalue weighted by atomic mass is 16.5. The van der Waals surface area contributed by atoms with Crippen LogP contribution in [0.15, 0.2) is 54.7 Å². The van der Waals surface area contributed by atoms with Gasteiger partial charge in [-0.1, -0.05) is 12.1 Å². The van der Waals surface area contributed by atoms with Crippen LogP contribution >= 0.6 is 0 Å². The molecular formula is C21H21N7O. The van der Waals surface area contributed by atoms with Gasteiger partial charge >= 0.3 is 0 Å². The zero-order valence-corrected chi connectivity index (χ0v) is 16.1. The van der Waals surface area contributed by atoms with Crippen LogP contribution in [0.4, 0.5) is 23.1 Å². The molecule has 2 aromatic carbocycles. The van der Waals surface area contributed by atoms with Crippen molar-refractivity contribution in [3.05, 3.63) is 60.3 Å². The van der Waals surface area contributed by atoms with Gasteiger partial charge in [-0.25, -0.2) is 0 Å². The summed E-state index contributed by atoms with van der Waals surface area (Å²) in [5, 5.41) is 20.4. The van der Waals surface area contributed by atoms with Crippen molar-refractivity contribution in [3.8, 4) is 11.8 Å². The van der Waals surface area contributed by atoms with Gasteiger partial charge in [-0.05, 0) is 36.4 Å². The number of para-hydroxylation sites is 2. The standard InChI is InChI=1S/C21H21N7O/c1-29-19-5-3-2-4-18(19)27-10-12-28(13-11-27)21-25-20(15-23-26-21)24-17-8-6-16(14-22)7-9-17/h2-9,15H,10-13H2,1H3,(H,24,25,26). The second-order valence-corrected chi connectivity index (χ2v) is 6.60. The zero-order valence-electron chi connectivity index (χ0n) is 16.1. The lowest BCUT2D eigenvalue weighted by Gasteiger charge is -2.36. The Morgan fingerprint density at radius 1 is 1.00 bits per heavy atom. The lowest BCUT2D eigenvalue weighted by molar-refractivity contribution is 0.413. The summed E-state index contributed by atoms with van der Waals surface area (Å²) in [7, 11) is 1.70. The number of anilines is 4. The molecule has 1 aliphatic heterocycles. The zero-order chi connectivity index (χ0) is 20.1. The van der Waals surface area contributed by atoms with E-state index in [2.05, 4.69) is 42.4 Å². The SMILES string of the molecule is COc1ccccc1N1CCN(c2nncc(Nc3ccc(C#N)cc3)n2)CC1. The summed E-state index contributed by atoms with van der Waals surface area (Å²) in [6, 6.07) is 17.4. The van der Waals surface area contributed by atoms with Crippen molar-refractivity contribution in [2.24, 2.45) is 0 Å². The summed E-state index contributed by atoms with van der Waals surface area (Å²) in [4.78, 5) is 9.03. The average Bonchev–Trinajstić information content (AvgIpc) is 2.80. The minimum atomic E-state index is 0.600. The van der Waals surface area contributed by atoms with Gasteiger partial charge in [0.1, 0.15) is 5.75 Å². The molecule has 0 unspecified atom stereocenters. The Balaban J connectivity index is 1.42. The van der Waals surface area contributed by atoms with Crippen LogP contribution in [-0.2, 0) is 0 Å². The van der Waals surface area contributed by atoms with E-state index in [-0.39, 0.29) is 0 Å². The molecule has 1 aromatic heterocycles. The van der Waals surface area contributed by atoms with E-state index in [9.17, 15) is 0 Å². The van der Waals surface area contributed by atoms with Crippen LogP contribution in [0.3, 0.4) is 0 Å². The quantitative estimate of drug-likeness (QED) is 0.715. The van der Waals surface area contributed by atoms with E-state index in [1.165, 1.54) is 0 Å². The van der Waals surface area contributed by atoms with Crippen LogP contribution in [-0.4, -0.2) is 48.5 Å². The number of hydrogen-bond donors (Lipinski definition) is 1. The van der Waals surface area contributed by atoms with Crippen LogP contribution < -0.4 is 19.9 Å². The Hall–Kier alpha value is -3.86. The second-order valence-electron chi connectivity index (χ2n) is 6.60. The van der Waals surface area contributed by atoms with E-state index in [0.29, 0.717) is 17.3 Å². The van der Waals surface area contributed by atoms with Gasteiger partial charge in [-0.15, -0.1) is 5.10 Å². The van der Waals surface area contributed by atoms with E-state index in [0.717, 1.165) is 43.3 Å². The molecular weight excluding hydrogens is 366 g/mol. The predicted molar refractivity (Wildman–Crippen MR) is 112 cm³/mol. The molecule has 0 atom stereocenters. The van der Waals surface area contributed by atoms with Crippen molar-refractivity contribution in [3.63, 3.8) is 0 Å². The van der Waals surface area contributed by atoms with E-state index in [1.54, 1.807) is 25.4 Å². The smallest absolute Gasteiger partial charge is 0.247 e. The number of nitrogens with one attached hydrogen (secondary N) is 1. The largest absolute Gasteiger partial charge is 0.495 e. The molecule has 1 saturated heterocycles. The van der Waals surface area contributed by atoms with Crippen LogP contribution in [0.1, 0.15) is 5.56 Å². The molecule has 1 aliphatic rings. The highest BCUT2D eigenvalue weighted by Crippen LogP contribution is 2.28. The first-order valence-corrected chi connectivity index (χ1v) is 9.36. The fourth-order valence-corrected chi connectivity index (χ4v) is 3.30. The summed E-state index contributed by atoms with van der Waals surface area (Å²) >= 11 is 0. The van der Waals surface area contributed by atoms with Crippen molar-refractivity contribution >= 4 is 23.1 Å². The first kappa shape index (κ1) is 18.5. The van der Waals surface area contributed by atoms with Crippen molar-refractivity contribution in [2.45, 2.75) is 0 Å². The molecule has 2 heterocycles. The van der Waals surface area contributed by atoms with Gasteiger partial charge in [-0.3, -0.25) is 0 Å². The lowest BCUT2D eigenvalue weighted by atomic mass is 10.2. The number of nitrogens with zero attached hydrogens (tertiary/aromatic N) is 6. The monoisotopic (exact) mass is 387 g/mol. The van der Waals surface area contributed by atoms with Gasteiger partial charge in [0.15, 0.2) is 5.82 Å². The molecule has 0 radical (unpaired) electrons. The molecule has 8 nitrogen and oxygen atoms in total. The number of rotatable bonds is 5. The fraction of sp³-hybridized carbons (Fsp3) is 0.238. The summed E-state index contributed by atoms with van der Waals surface area (Å²) in [6.07, 6.45) is 1.59. The molecule has 8 heteroatoms. The summed E-state index contributed by atoms with van der Waals surface area (Å²) < 4.78 is 5.48. The normalized spacial score (nSPS) is 13.7. The Bertz CT molecular complexity index is 1010. The summed E-state index contributed by atoms with van der Waals surface area (Å²) in [6.45, 7) is 3.27. The van der Waals surface area contributed by atoms with Gasteiger partial charge < -0.3 is 19.9 Å². The highest BCUT2D eigenvalue weighted by Gasteiger charge is 2.21. The third-order valence-corrected chi connectivity index (χ3v) is 4.82. The Morgan fingerprint density at radius 2 is 1.72 bits per heavy atom. The molecule has 4 rings (SSSR count). The van der Waals surface area contributed by atoms with E-state index >= 15 is 0 Å². The van der Waals surface area contributed by atoms with Crippen molar-refractivity contribution < 1.29 is 4.74 Å². The van der Waals surface area contributed by atoms with E-state index in [4.69, 9.17) is 10.00 Å². The minimum Gasteiger partial charge on any atom is -0.495 e. The maximum Gasteiger partial charge on any atom is 0.247 e. The topological polar surface area (TPSA) is 90.2 Å². The van der Waals surface area contributed by atoms with Crippen LogP contribution in [0.25, 0.3) is 0 Å². The van der Waals surface area contributed by atoms with Crippen LogP contribution in [0.5, 0.6) is 5.75 Å². The number of aromatic nitrogens is 3. The molecule has 0 aliphatic carbocycles. The van der Waals surface area contributed by atoms with Crippen molar-refractivity contribution in [2.75, 3.05) is 48.4 Å². The van der Waals surface area contributed by atoms with Gasteiger partial charge in [-0.2, -0.15) is 15.3 Å². The molecule has 146 valence electrons. The summed E-state index contributed by atoms with van der Waals surface area (Å²) in [5.41, 5.74) is 2.56. The van der Waals surface area contributed by atoms with E-state index in [1.807, 2.05) is 30.3 Å². The van der Waals surface area contributed by atoms with Crippen LogP contribution in [0, 0.1) is 11.3 Å². The average molecular weight is 387 g/mol. The Morgan fingerprint density at radius 3 is 2.45 bits per heavy atom. The molecule has 0 amide bonds. The van der Waals surface area contributed by atoms with Gasteiger partial charge in [0, 0.05) is 31.9 Å². The molecule has 0 bridgehead atoms. The molecule has 0 saturated carbocycles. The Kier molecular flexibility index (Phi) is 5.38. The van der Waals surface area contributed by atoms with E-state index < -0.39 is 0 Å². The molecule has 3 aromatic rings. The Labute approximate surface area is 169 Å². The first-order chi connectivity index (χ1) is 14.3. The maximum atomic E-state index is 8.90. The molecule has 1 fully saturated rings. The van der Waals surface area contributed by atoms with Gasteiger partial charge in [0.2, 0.25) is 5.95 Å². The van der Waals surface area contributed by atoms with Crippen molar-refractivity contribution in [1.29, 1.82) is 5.26 Å². The maximum absolute atomic E-state index is 8.90. The number of piperazine rings is 1.